The number of benzene rings is 1. The molecule has 8 heteroatoms. The van der Waals surface area contributed by atoms with Crippen LogP contribution in [0.4, 0.5) is 8.78 Å². The van der Waals surface area contributed by atoms with E-state index in [-0.39, 0.29) is 18.5 Å². The van der Waals surface area contributed by atoms with Gasteiger partial charge in [-0.05, 0) is 37.8 Å². The van der Waals surface area contributed by atoms with Gasteiger partial charge in [-0.3, -0.25) is 0 Å². The third kappa shape index (κ3) is 4.28. The van der Waals surface area contributed by atoms with Gasteiger partial charge in [0.15, 0.2) is 11.6 Å². The maximum atomic E-state index is 13.7. The zero-order valence-corrected chi connectivity index (χ0v) is 12.7. The summed E-state index contributed by atoms with van der Waals surface area (Å²) in [5, 5.41) is 0. The predicted molar refractivity (Wildman–Crippen MR) is 73.1 cm³/mol. The van der Waals surface area contributed by atoms with Gasteiger partial charge in [0.1, 0.15) is 4.90 Å². The second-order valence-electron chi connectivity index (χ2n) is 4.75. The van der Waals surface area contributed by atoms with E-state index in [1.54, 1.807) is 0 Å². The van der Waals surface area contributed by atoms with Crippen LogP contribution in [0.2, 0.25) is 0 Å². The van der Waals surface area contributed by atoms with Gasteiger partial charge in [-0.1, -0.05) is 0 Å². The lowest BCUT2D eigenvalue weighted by Gasteiger charge is -2.11. The van der Waals surface area contributed by atoms with E-state index in [9.17, 15) is 17.2 Å². The Balaban J connectivity index is 1.93. The molecule has 118 valence electrons. The molecule has 0 aliphatic carbocycles. The molecule has 0 radical (unpaired) electrons. The molecule has 1 fully saturated rings. The van der Waals surface area contributed by atoms with Crippen LogP contribution in [0.15, 0.2) is 17.0 Å². The number of hydrogen-bond acceptors (Lipinski definition) is 4. The summed E-state index contributed by atoms with van der Waals surface area (Å²) in [6.07, 6.45) is 3.68. The number of ether oxygens (including phenoxy) is 2. The van der Waals surface area contributed by atoms with Gasteiger partial charge in [-0.25, -0.2) is 12.8 Å². The van der Waals surface area contributed by atoms with E-state index >= 15 is 0 Å². The minimum absolute atomic E-state index is 0.198. The Morgan fingerprint density at radius 2 is 2.10 bits per heavy atom. The quantitative estimate of drug-likeness (QED) is 0.589. The molecule has 1 aromatic carbocycles. The van der Waals surface area contributed by atoms with Crippen molar-refractivity contribution in [2.24, 2.45) is 0 Å². The highest BCUT2D eigenvalue weighted by Crippen LogP contribution is 2.27. The normalized spacial score (nSPS) is 18.9. The Labute approximate surface area is 126 Å². The molecule has 1 aliphatic rings. The summed E-state index contributed by atoms with van der Waals surface area (Å²) < 4.78 is 59.9. The monoisotopic (exact) mass is 340 g/mol. The van der Waals surface area contributed by atoms with E-state index in [0.717, 1.165) is 38.0 Å². The molecule has 21 heavy (non-hydrogen) atoms. The first-order valence-electron chi connectivity index (χ1n) is 6.56. The molecule has 0 bridgehead atoms. The van der Waals surface area contributed by atoms with Crippen LogP contribution in [-0.2, 0) is 13.8 Å². The number of halogens is 3. The van der Waals surface area contributed by atoms with Gasteiger partial charge in [0, 0.05) is 17.3 Å². The average Bonchev–Trinajstić information content (AvgIpc) is 2.91. The fourth-order valence-electron chi connectivity index (χ4n) is 2.18. The van der Waals surface area contributed by atoms with Crippen molar-refractivity contribution in [1.82, 2.24) is 0 Å². The van der Waals surface area contributed by atoms with E-state index in [4.69, 9.17) is 20.2 Å². The van der Waals surface area contributed by atoms with Crippen LogP contribution in [0.25, 0.3) is 0 Å². The lowest BCUT2D eigenvalue weighted by atomic mass is 10.1. The van der Waals surface area contributed by atoms with E-state index in [1.807, 2.05) is 0 Å². The molecule has 1 unspecified atom stereocenters. The molecule has 1 atom stereocenters. The topological polar surface area (TPSA) is 52.6 Å². The summed E-state index contributed by atoms with van der Waals surface area (Å²) in [5.74, 6) is -3.21. The van der Waals surface area contributed by atoms with E-state index in [0.29, 0.717) is 6.42 Å². The molecular weight excluding hydrogens is 326 g/mol. The van der Waals surface area contributed by atoms with Crippen molar-refractivity contribution >= 4 is 19.7 Å². The molecule has 4 nitrogen and oxygen atoms in total. The highest BCUT2D eigenvalue weighted by Gasteiger charge is 2.22. The zero-order chi connectivity index (χ0) is 15.5. The first kappa shape index (κ1) is 16.5. The summed E-state index contributed by atoms with van der Waals surface area (Å²) in [6.45, 7) is 0.961. The minimum Gasteiger partial charge on any atom is -0.490 e. The van der Waals surface area contributed by atoms with Crippen molar-refractivity contribution in [3.63, 3.8) is 0 Å². The molecule has 2 rings (SSSR count). The van der Waals surface area contributed by atoms with Gasteiger partial charge in [-0.15, -0.1) is 0 Å². The van der Waals surface area contributed by atoms with Gasteiger partial charge in [-0.2, -0.15) is 4.39 Å². The van der Waals surface area contributed by atoms with Crippen molar-refractivity contribution in [3.8, 4) is 5.75 Å². The predicted octanol–water partition coefficient (Wildman–Crippen LogP) is 3.23. The first-order valence-corrected chi connectivity index (χ1v) is 8.87. The van der Waals surface area contributed by atoms with Crippen molar-refractivity contribution in [1.29, 1.82) is 0 Å². The summed E-state index contributed by atoms with van der Waals surface area (Å²) in [4.78, 5) is -0.895. The number of rotatable bonds is 6. The second kappa shape index (κ2) is 6.89. The summed E-state index contributed by atoms with van der Waals surface area (Å²) in [6, 6.07) is 1.94. The molecule has 0 amide bonds. The highest BCUT2D eigenvalue weighted by atomic mass is 35.7. The van der Waals surface area contributed by atoms with Crippen LogP contribution in [-0.4, -0.2) is 27.7 Å². The first-order chi connectivity index (χ1) is 9.89. The molecule has 1 heterocycles. The molecule has 0 N–H and O–H groups in total. The molecule has 1 aromatic rings. The fraction of sp³-hybridized carbons (Fsp3) is 0.538. The summed E-state index contributed by atoms with van der Waals surface area (Å²) in [7, 11) is 0.675. The number of hydrogen-bond donors (Lipinski definition) is 0. The van der Waals surface area contributed by atoms with Gasteiger partial charge in [0.25, 0.3) is 9.05 Å². The highest BCUT2D eigenvalue weighted by molar-refractivity contribution is 8.13. The van der Waals surface area contributed by atoms with Gasteiger partial charge in [0.05, 0.1) is 12.7 Å². The lowest BCUT2D eigenvalue weighted by molar-refractivity contribution is 0.0978. The molecule has 0 spiro atoms. The molecule has 0 saturated carbocycles. The molecule has 1 saturated heterocycles. The van der Waals surface area contributed by atoms with Crippen molar-refractivity contribution < 1.29 is 26.7 Å². The van der Waals surface area contributed by atoms with Gasteiger partial charge < -0.3 is 9.47 Å². The Morgan fingerprint density at radius 1 is 1.33 bits per heavy atom. The third-order valence-corrected chi connectivity index (χ3v) is 4.57. The Morgan fingerprint density at radius 3 is 2.71 bits per heavy atom. The molecular formula is C13H15ClF2O4S. The summed E-state index contributed by atoms with van der Waals surface area (Å²) in [5.41, 5.74) is 0. The average molecular weight is 341 g/mol. The Hall–Kier alpha value is -0.920. The van der Waals surface area contributed by atoms with Gasteiger partial charge >= 0.3 is 0 Å². The Bertz CT molecular complexity index is 600. The van der Waals surface area contributed by atoms with Crippen LogP contribution in [0, 0.1) is 11.6 Å². The van der Waals surface area contributed by atoms with Gasteiger partial charge in [0.2, 0.25) is 5.82 Å². The lowest BCUT2D eigenvalue weighted by Crippen LogP contribution is -2.09. The van der Waals surface area contributed by atoms with Crippen LogP contribution >= 0.6 is 10.7 Å². The van der Waals surface area contributed by atoms with Crippen LogP contribution in [0.5, 0.6) is 5.75 Å². The Kier molecular flexibility index (Phi) is 5.40. The smallest absolute Gasteiger partial charge is 0.264 e. The largest absolute Gasteiger partial charge is 0.490 e. The van der Waals surface area contributed by atoms with Crippen LogP contribution in [0.3, 0.4) is 0 Å². The minimum atomic E-state index is -4.32. The second-order valence-corrected chi connectivity index (χ2v) is 7.29. The van der Waals surface area contributed by atoms with E-state index in [1.165, 1.54) is 0 Å². The zero-order valence-electron chi connectivity index (χ0n) is 11.1. The van der Waals surface area contributed by atoms with Crippen molar-refractivity contribution in [2.45, 2.75) is 36.7 Å². The molecule has 0 aromatic heterocycles. The van der Waals surface area contributed by atoms with Crippen molar-refractivity contribution in [2.75, 3.05) is 13.2 Å². The third-order valence-electron chi connectivity index (χ3n) is 3.23. The van der Waals surface area contributed by atoms with Crippen molar-refractivity contribution in [3.05, 3.63) is 23.8 Å². The fourth-order valence-corrected chi connectivity index (χ4v) is 3.07. The maximum absolute atomic E-state index is 13.7. The van der Waals surface area contributed by atoms with Crippen LogP contribution < -0.4 is 4.74 Å². The maximum Gasteiger partial charge on any atom is 0.264 e. The van der Waals surface area contributed by atoms with Crippen LogP contribution in [0.1, 0.15) is 25.7 Å². The van der Waals surface area contributed by atoms with E-state index < -0.39 is 25.6 Å². The summed E-state index contributed by atoms with van der Waals surface area (Å²) >= 11 is 0. The molecule has 1 aliphatic heterocycles. The standard InChI is InChI=1S/C13H15ClF2O4S/c14-21(17,18)11-6-5-10(12(15)13(11)16)20-8-2-4-9-3-1-7-19-9/h5-6,9H,1-4,7-8H2. The van der Waals surface area contributed by atoms with E-state index in [2.05, 4.69) is 0 Å². The SMILES string of the molecule is O=S(=O)(Cl)c1ccc(OCCCC2CCCO2)c(F)c1F.